The number of thioether (sulfide) groups is 1. The highest BCUT2D eigenvalue weighted by Gasteiger charge is 2.42. The van der Waals surface area contributed by atoms with E-state index in [4.69, 9.17) is 10.2 Å². The average Bonchev–Trinajstić information content (AvgIpc) is 2.95. The maximum Gasteiger partial charge on any atom is 0.335 e. The number of carboxylic acids is 2. The number of hydrogen-bond donors (Lipinski definition) is 3. The number of aromatic carboxylic acids is 2. The van der Waals surface area contributed by atoms with Gasteiger partial charge in [0, 0.05) is 12.1 Å². The molecule has 3 amide bonds. The molecule has 0 bridgehead atoms. The first-order valence-corrected chi connectivity index (χ1v) is 9.98. The molecule has 31 heavy (non-hydrogen) atoms. The van der Waals surface area contributed by atoms with Gasteiger partial charge in [0.2, 0.25) is 11.8 Å². The quantitative estimate of drug-likeness (QED) is 0.619. The molecule has 2 aromatic carbocycles. The standard InChI is InChI=1S/C21H18N2O7S/c1-10-3-4-15(11(2)5-10)23-18(25)16(31-21(23)30)9-17(24)22-14-7-12(19(26)27)6-13(8-14)20(28)29/h3-8,16H,9H2,1-2H3,(H,22,24)(H,26,27)(H,28,29). The van der Waals surface area contributed by atoms with Crippen LogP contribution in [0.4, 0.5) is 16.2 Å². The lowest BCUT2D eigenvalue weighted by atomic mass is 10.1. The van der Waals surface area contributed by atoms with Crippen LogP contribution in [0.3, 0.4) is 0 Å². The number of benzene rings is 2. The molecule has 0 spiro atoms. The summed E-state index contributed by atoms with van der Waals surface area (Å²) in [5, 5.41) is 19.2. The van der Waals surface area contributed by atoms with Crippen LogP contribution in [0.25, 0.3) is 0 Å². The summed E-state index contributed by atoms with van der Waals surface area (Å²) < 4.78 is 0. The lowest BCUT2D eigenvalue weighted by Crippen LogP contribution is -2.33. The molecule has 1 fully saturated rings. The van der Waals surface area contributed by atoms with Crippen LogP contribution in [-0.2, 0) is 9.59 Å². The zero-order chi connectivity index (χ0) is 22.9. The van der Waals surface area contributed by atoms with Crippen molar-refractivity contribution in [3.05, 3.63) is 58.7 Å². The lowest BCUT2D eigenvalue weighted by Gasteiger charge is -2.17. The van der Waals surface area contributed by atoms with Crippen LogP contribution in [0.15, 0.2) is 36.4 Å². The van der Waals surface area contributed by atoms with E-state index in [1.165, 1.54) is 0 Å². The molecular weight excluding hydrogens is 424 g/mol. The summed E-state index contributed by atoms with van der Waals surface area (Å²) in [6.45, 7) is 3.67. The minimum absolute atomic E-state index is 0.0321. The Kier molecular flexibility index (Phi) is 6.11. The molecule has 10 heteroatoms. The second kappa shape index (κ2) is 8.60. The van der Waals surface area contributed by atoms with Crippen LogP contribution in [0.5, 0.6) is 0 Å². The minimum atomic E-state index is -1.35. The van der Waals surface area contributed by atoms with Gasteiger partial charge in [-0.1, -0.05) is 17.7 Å². The smallest absolute Gasteiger partial charge is 0.335 e. The number of rotatable bonds is 6. The normalized spacial score (nSPS) is 15.8. The van der Waals surface area contributed by atoms with Crippen LogP contribution in [0.1, 0.15) is 38.3 Å². The maximum atomic E-state index is 12.8. The summed E-state index contributed by atoms with van der Waals surface area (Å²) >= 11 is 0.733. The molecule has 0 aromatic heterocycles. The Balaban J connectivity index is 1.76. The fourth-order valence-corrected chi connectivity index (χ4v) is 4.17. The first-order valence-electron chi connectivity index (χ1n) is 9.10. The van der Waals surface area contributed by atoms with Crippen molar-refractivity contribution in [3.8, 4) is 0 Å². The Hall–Kier alpha value is -3.66. The second-order valence-electron chi connectivity index (χ2n) is 7.00. The number of carbonyl (C=O) groups excluding carboxylic acids is 3. The van der Waals surface area contributed by atoms with Crippen molar-refractivity contribution in [1.29, 1.82) is 0 Å². The van der Waals surface area contributed by atoms with E-state index in [-0.39, 0.29) is 23.2 Å². The van der Waals surface area contributed by atoms with E-state index in [1.54, 1.807) is 19.1 Å². The molecule has 1 atom stereocenters. The van der Waals surface area contributed by atoms with Gasteiger partial charge in [-0.3, -0.25) is 14.4 Å². The van der Waals surface area contributed by atoms with E-state index in [0.29, 0.717) is 5.69 Å². The molecule has 1 aliphatic heterocycles. The predicted octanol–water partition coefficient (Wildman–Crippen LogP) is 3.30. The van der Waals surface area contributed by atoms with E-state index in [1.807, 2.05) is 13.0 Å². The van der Waals surface area contributed by atoms with Gasteiger partial charge in [0.25, 0.3) is 5.24 Å². The van der Waals surface area contributed by atoms with Crippen molar-refractivity contribution in [2.75, 3.05) is 10.2 Å². The number of aryl methyl sites for hydroxylation is 2. The molecule has 0 saturated carbocycles. The zero-order valence-electron chi connectivity index (χ0n) is 16.5. The van der Waals surface area contributed by atoms with Gasteiger partial charge >= 0.3 is 11.9 Å². The van der Waals surface area contributed by atoms with Gasteiger partial charge in [0.05, 0.1) is 16.8 Å². The maximum absolute atomic E-state index is 12.8. The highest BCUT2D eigenvalue weighted by atomic mass is 32.2. The Morgan fingerprint density at radius 1 is 1.00 bits per heavy atom. The summed E-state index contributed by atoms with van der Waals surface area (Å²) in [5.74, 6) is -3.88. The van der Waals surface area contributed by atoms with Gasteiger partial charge in [0.1, 0.15) is 5.25 Å². The summed E-state index contributed by atoms with van der Waals surface area (Å²) in [6, 6.07) is 8.50. The first-order chi connectivity index (χ1) is 14.6. The van der Waals surface area contributed by atoms with Crippen LogP contribution in [0.2, 0.25) is 0 Å². The van der Waals surface area contributed by atoms with Gasteiger partial charge in [-0.05, 0) is 55.4 Å². The Morgan fingerprint density at radius 3 is 2.16 bits per heavy atom. The highest BCUT2D eigenvalue weighted by molar-refractivity contribution is 8.15. The molecular formula is C21H18N2O7S. The lowest BCUT2D eigenvalue weighted by molar-refractivity contribution is -0.121. The van der Waals surface area contributed by atoms with E-state index < -0.39 is 34.2 Å². The molecule has 3 rings (SSSR count). The number of anilines is 2. The Bertz CT molecular complexity index is 1100. The monoisotopic (exact) mass is 442 g/mol. The summed E-state index contributed by atoms with van der Waals surface area (Å²) in [5.41, 5.74) is 1.54. The zero-order valence-corrected chi connectivity index (χ0v) is 17.4. The van der Waals surface area contributed by atoms with Gasteiger partial charge < -0.3 is 15.5 Å². The van der Waals surface area contributed by atoms with Crippen molar-refractivity contribution in [1.82, 2.24) is 0 Å². The number of nitrogens with one attached hydrogen (secondary N) is 1. The van der Waals surface area contributed by atoms with Crippen LogP contribution >= 0.6 is 11.8 Å². The molecule has 160 valence electrons. The van der Waals surface area contributed by atoms with Crippen molar-refractivity contribution >= 4 is 52.1 Å². The fraction of sp³-hybridized carbons (Fsp3) is 0.190. The van der Waals surface area contributed by atoms with E-state index >= 15 is 0 Å². The SMILES string of the molecule is Cc1ccc(N2C(=O)SC(CC(=O)Nc3cc(C(=O)O)cc(C(=O)O)c3)C2=O)c(C)c1. The van der Waals surface area contributed by atoms with Crippen molar-refractivity contribution in [3.63, 3.8) is 0 Å². The van der Waals surface area contributed by atoms with Crippen LogP contribution < -0.4 is 10.2 Å². The van der Waals surface area contributed by atoms with Gasteiger partial charge in [-0.25, -0.2) is 14.5 Å². The largest absolute Gasteiger partial charge is 0.478 e. The third kappa shape index (κ3) is 4.75. The summed E-state index contributed by atoms with van der Waals surface area (Å²) in [4.78, 5) is 61.1. The number of carboxylic acid groups (broad SMARTS) is 2. The molecule has 2 aromatic rings. The molecule has 1 saturated heterocycles. The number of hydrogen-bond acceptors (Lipinski definition) is 6. The third-order valence-electron chi connectivity index (χ3n) is 4.60. The molecule has 1 heterocycles. The van der Waals surface area contributed by atoms with Gasteiger partial charge in [-0.2, -0.15) is 0 Å². The van der Waals surface area contributed by atoms with Crippen LogP contribution in [0, 0.1) is 13.8 Å². The second-order valence-corrected chi connectivity index (χ2v) is 8.15. The van der Waals surface area contributed by atoms with Gasteiger partial charge in [0.15, 0.2) is 0 Å². The topological polar surface area (TPSA) is 141 Å². The molecule has 9 nitrogen and oxygen atoms in total. The molecule has 3 N–H and O–H groups in total. The number of carbonyl (C=O) groups is 5. The third-order valence-corrected chi connectivity index (χ3v) is 5.63. The molecule has 1 unspecified atom stereocenters. The average molecular weight is 442 g/mol. The Morgan fingerprint density at radius 2 is 1.61 bits per heavy atom. The van der Waals surface area contributed by atoms with Crippen molar-refractivity contribution in [2.45, 2.75) is 25.5 Å². The van der Waals surface area contributed by atoms with E-state index in [9.17, 15) is 24.0 Å². The Labute approximate surface area is 181 Å². The molecule has 0 aliphatic carbocycles. The van der Waals surface area contributed by atoms with Crippen molar-refractivity contribution < 1.29 is 34.2 Å². The number of imide groups is 1. The fourth-order valence-electron chi connectivity index (χ4n) is 3.19. The molecule has 1 aliphatic rings. The van der Waals surface area contributed by atoms with Crippen LogP contribution in [-0.4, -0.2) is 44.5 Å². The molecule has 0 radical (unpaired) electrons. The first kappa shape index (κ1) is 22.0. The van der Waals surface area contributed by atoms with Gasteiger partial charge in [-0.15, -0.1) is 0 Å². The van der Waals surface area contributed by atoms with E-state index in [2.05, 4.69) is 5.32 Å². The summed E-state index contributed by atoms with van der Waals surface area (Å²) in [7, 11) is 0. The highest BCUT2D eigenvalue weighted by Crippen LogP contribution is 2.35. The number of nitrogens with zero attached hydrogens (tertiary/aromatic N) is 1. The van der Waals surface area contributed by atoms with E-state index in [0.717, 1.165) is 46.0 Å². The summed E-state index contributed by atoms with van der Waals surface area (Å²) in [6.07, 6.45) is -0.337. The minimum Gasteiger partial charge on any atom is -0.478 e. The van der Waals surface area contributed by atoms with Crippen molar-refractivity contribution in [2.24, 2.45) is 0 Å². The predicted molar refractivity (Wildman–Crippen MR) is 114 cm³/mol. The number of amides is 3.